The molecule has 1 unspecified atom stereocenters. The molecule has 1 saturated heterocycles. The number of ketones is 1. The molecular formula is C31H32N2O4S. The van der Waals surface area contributed by atoms with Gasteiger partial charge in [0.05, 0.1) is 18.2 Å². The van der Waals surface area contributed by atoms with E-state index in [4.69, 9.17) is 4.74 Å². The van der Waals surface area contributed by atoms with Crippen LogP contribution in [0.15, 0.2) is 77.8 Å². The second kappa shape index (κ2) is 11.3. The van der Waals surface area contributed by atoms with Crippen molar-refractivity contribution in [3.63, 3.8) is 0 Å². The van der Waals surface area contributed by atoms with Gasteiger partial charge >= 0.3 is 0 Å². The topological polar surface area (TPSA) is 71.8 Å². The number of ether oxygens (including phenoxy) is 1. The Hall–Kier alpha value is -3.84. The predicted molar refractivity (Wildman–Crippen MR) is 151 cm³/mol. The summed E-state index contributed by atoms with van der Waals surface area (Å²) in [6, 6.07) is 18.4. The zero-order chi connectivity index (χ0) is 26.6. The van der Waals surface area contributed by atoms with E-state index in [1.54, 1.807) is 29.2 Å². The Bertz CT molecular complexity index is 1470. The first-order valence-electron chi connectivity index (χ1n) is 13.1. The summed E-state index contributed by atoms with van der Waals surface area (Å²) >= 11 is 1.47. The lowest BCUT2D eigenvalue weighted by molar-refractivity contribution is -0.139. The molecule has 0 saturated carbocycles. The third kappa shape index (κ3) is 4.98. The van der Waals surface area contributed by atoms with Crippen LogP contribution < -0.4 is 4.74 Å². The number of amides is 1. The Morgan fingerprint density at radius 1 is 1.03 bits per heavy atom. The molecule has 1 fully saturated rings. The van der Waals surface area contributed by atoms with Gasteiger partial charge in [-0.2, -0.15) is 0 Å². The lowest BCUT2D eigenvalue weighted by Crippen LogP contribution is -2.31. The monoisotopic (exact) mass is 528 g/mol. The van der Waals surface area contributed by atoms with E-state index in [1.165, 1.54) is 11.3 Å². The van der Waals surface area contributed by atoms with Crippen LogP contribution in [0.3, 0.4) is 0 Å². The van der Waals surface area contributed by atoms with Crippen molar-refractivity contribution in [1.29, 1.82) is 0 Å². The number of rotatable bonds is 10. The van der Waals surface area contributed by atoms with Crippen LogP contribution in [0.25, 0.3) is 16.7 Å². The van der Waals surface area contributed by atoms with Gasteiger partial charge in [-0.1, -0.05) is 44.0 Å². The number of unbranched alkanes of at least 4 members (excludes halogenated alkanes) is 2. The molecule has 0 aliphatic carbocycles. The molecular weight excluding hydrogens is 496 g/mol. The first-order valence-corrected chi connectivity index (χ1v) is 14.0. The normalized spacial score (nSPS) is 17.0. The Morgan fingerprint density at radius 2 is 1.82 bits per heavy atom. The number of aliphatic hydroxyl groups is 1. The molecule has 38 heavy (non-hydrogen) atoms. The van der Waals surface area contributed by atoms with Gasteiger partial charge in [0.1, 0.15) is 11.5 Å². The van der Waals surface area contributed by atoms with Crippen molar-refractivity contribution in [2.75, 3.05) is 13.2 Å². The summed E-state index contributed by atoms with van der Waals surface area (Å²) < 4.78 is 7.86. The molecule has 1 N–H and O–H groups in total. The van der Waals surface area contributed by atoms with Crippen molar-refractivity contribution in [2.45, 2.75) is 38.6 Å². The van der Waals surface area contributed by atoms with Crippen molar-refractivity contribution >= 4 is 39.7 Å². The maximum Gasteiger partial charge on any atom is 0.295 e. The molecule has 6 nitrogen and oxygen atoms in total. The largest absolute Gasteiger partial charge is 0.507 e. The Morgan fingerprint density at radius 3 is 2.55 bits per heavy atom. The lowest BCUT2D eigenvalue weighted by atomic mass is 9.99. The van der Waals surface area contributed by atoms with E-state index in [2.05, 4.69) is 29.8 Å². The number of benzene rings is 2. The molecule has 1 aliphatic heterocycles. The van der Waals surface area contributed by atoms with Crippen LogP contribution in [0.1, 0.15) is 48.2 Å². The number of carbonyl (C=O) groups is 2. The minimum atomic E-state index is -0.654. The molecule has 196 valence electrons. The van der Waals surface area contributed by atoms with E-state index in [1.807, 2.05) is 36.7 Å². The van der Waals surface area contributed by atoms with E-state index in [9.17, 15) is 14.7 Å². The molecule has 4 aromatic rings. The molecule has 3 heterocycles. The molecule has 1 atom stereocenters. The number of fused-ring (bicyclic) bond motifs is 1. The number of hydrogen-bond acceptors (Lipinski definition) is 5. The Labute approximate surface area is 226 Å². The fraction of sp³-hybridized carbons (Fsp3) is 0.290. The highest BCUT2D eigenvalue weighted by molar-refractivity contribution is 7.10. The third-order valence-corrected chi connectivity index (χ3v) is 8.02. The van der Waals surface area contributed by atoms with Crippen molar-refractivity contribution in [3.8, 4) is 5.75 Å². The summed E-state index contributed by atoms with van der Waals surface area (Å²) in [7, 11) is 2.01. The highest BCUT2D eigenvalue weighted by Gasteiger charge is 2.46. The Balaban J connectivity index is 1.43. The van der Waals surface area contributed by atoms with Crippen molar-refractivity contribution in [2.24, 2.45) is 7.05 Å². The molecule has 0 spiro atoms. The minimum Gasteiger partial charge on any atom is -0.507 e. The van der Waals surface area contributed by atoms with Crippen LogP contribution in [0, 0.1) is 0 Å². The molecule has 2 aromatic carbocycles. The highest BCUT2D eigenvalue weighted by Crippen LogP contribution is 2.41. The number of nitrogens with zero attached hydrogens (tertiary/aromatic N) is 2. The summed E-state index contributed by atoms with van der Waals surface area (Å²) in [5.41, 5.74) is 2.85. The van der Waals surface area contributed by atoms with Gasteiger partial charge in [-0.3, -0.25) is 9.59 Å². The zero-order valence-electron chi connectivity index (χ0n) is 21.7. The van der Waals surface area contributed by atoms with E-state index in [0.29, 0.717) is 30.9 Å². The summed E-state index contributed by atoms with van der Waals surface area (Å²) in [5.74, 6) is -0.685. The molecule has 1 amide bonds. The van der Waals surface area contributed by atoms with Gasteiger partial charge in [0.2, 0.25) is 0 Å². The number of likely N-dealkylation sites (tertiary alicyclic amines) is 1. The van der Waals surface area contributed by atoms with Gasteiger partial charge in [0, 0.05) is 41.1 Å². The minimum absolute atomic E-state index is 0.131. The van der Waals surface area contributed by atoms with E-state index in [0.717, 1.165) is 40.6 Å². The van der Waals surface area contributed by atoms with Crippen LogP contribution in [0.2, 0.25) is 0 Å². The SMILES string of the molecule is CCCCCOc1ccc(/C(O)=C2/C(=O)C(=O)N(CCc3cn(C)c4ccccc34)C2c2cccs2)cc1. The van der Waals surface area contributed by atoms with Crippen molar-refractivity contribution in [3.05, 3.63) is 93.8 Å². The number of thiophene rings is 1. The van der Waals surface area contributed by atoms with Crippen LogP contribution in [0.4, 0.5) is 0 Å². The number of hydrogen-bond donors (Lipinski definition) is 1. The number of aryl methyl sites for hydroxylation is 1. The predicted octanol–water partition coefficient (Wildman–Crippen LogP) is 6.47. The molecule has 0 radical (unpaired) electrons. The average molecular weight is 529 g/mol. The van der Waals surface area contributed by atoms with Crippen LogP contribution in [-0.4, -0.2) is 39.4 Å². The quantitative estimate of drug-likeness (QED) is 0.111. The number of aliphatic hydroxyl groups excluding tert-OH is 1. The smallest absolute Gasteiger partial charge is 0.295 e. The Kier molecular flexibility index (Phi) is 7.65. The average Bonchev–Trinajstić information content (AvgIpc) is 3.64. The molecule has 1 aliphatic rings. The summed E-state index contributed by atoms with van der Waals surface area (Å²) in [5, 5.41) is 14.4. The van der Waals surface area contributed by atoms with Crippen LogP contribution in [0.5, 0.6) is 5.75 Å². The fourth-order valence-electron chi connectivity index (χ4n) is 5.13. The maximum atomic E-state index is 13.3. The first-order chi connectivity index (χ1) is 18.5. The van der Waals surface area contributed by atoms with Gasteiger partial charge < -0.3 is 19.3 Å². The number of carbonyl (C=O) groups excluding carboxylic acids is 2. The molecule has 5 rings (SSSR count). The van der Waals surface area contributed by atoms with Gasteiger partial charge in [0.25, 0.3) is 11.7 Å². The number of aromatic nitrogens is 1. The van der Waals surface area contributed by atoms with Crippen molar-refractivity contribution in [1.82, 2.24) is 9.47 Å². The van der Waals surface area contributed by atoms with E-state index in [-0.39, 0.29) is 11.3 Å². The van der Waals surface area contributed by atoms with E-state index >= 15 is 0 Å². The van der Waals surface area contributed by atoms with E-state index < -0.39 is 17.7 Å². The van der Waals surface area contributed by atoms with Crippen LogP contribution in [-0.2, 0) is 23.1 Å². The summed E-state index contributed by atoms with van der Waals surface area (Å²) in [6.07, 6.45) is 5.90. The second-order valence-electron chi connectivity index (χ2n) is 9.62. The summed E-state index contributed by atoms with van der Waals surface area (Å²) in [4.78, 5) is 29.0. The van der Waals surface area contributed by atoms with Gasteiger partial charge in [-0.25, -0.2) is 0 Å². The molecule has 2 aromatic heterocycles. The first kappa shape index (κ1) is 25.8. The molecule has 7 heteroatoms. The van der Waals surface area contributed by atoms with Gasteiger partial charge in [-0.15, -0.1) is 11.3 Å². The van der Waals surface area contributed by atoms with Crippen molar-refractivity contribution < 1.29 is 19.4 Å². The van der Waals surface area contributed by atoms with Gasteiger partial charge in [-0.05, 0) is 60.2 Å². The number of Topliss-reactive ketones (excluding diaryl/α,β-unsaturated/α-hetero) is 1. The number of para-hydroxylation sites is 1. The second-order valence-corrected chi connectivity index (χ2v) is 10.6. The molecule has 0 bridgehead atoms. The van der Waals surface area contributed by atoms with Gasteiger partial charge in [0.15, 0.2) is 0 Å². The maximum absolute atomic E-state index is 13.3. The standard InChI is InChI=1S/C31H32N2O4S/c1-3-4-7-18-37-23-14-12-21(13-15-23)29(34)27-28(26-11-8-19-38-26)33(31(36)30(27)35)17-16-22-20-32(2)25-10-6-5-9-24(22)25/h5-6,8-15,19-20,28,34H,3-4,7,16-18H2,1-2H3/b29-27-. The third-order valence-electron chi connectivity index (χ3n) is 7.10. The zero-order valence-corrected chi connectivity index (χ0v) is 22.5. The lowest BCUT2D eigenvalue weighted by Gasteiger charge is -2.24. The fourth-order valence-corrected chi connectivity index (χ4v) is 5.97. The summed E-state index contributed by atoms with van der Waals surface area (Å²) in [6.45, 7) is 3.15. The highest BCUT2D eigenvalue weighted by atomic mass is 32.1. The van der Waals surface area contributed by atoms with Crippen LogP contribution >= 0.6 is 11.3 Å².